The summed E-state index contributed by atoms with van der Waals surface area (Å²) in [5.41, 5.74) is 3.29. The van der Waals surface area contributed by atoms with Crippen molar-refractivity contribution in [2.75, 3.05) is 26.8 Å². The van der Waals surface area contributed by atoms with Crippen LogP contribution in [0.15, 0.2) is 35.1 Å². The lowest BCUT2D eigenvalue weighted by Gasteiger charge is -2.30. The number of rotatable bonds is 3. The van der Waals surface area contributed by atoms with Gasteiger partial charge in [-0.25, -0.2) is 4.39 Å². The molecule has 5 nitrogen and oxygen atoms in total. The molecule has 1 amide bonds. The van der Waals surface area contributed by atoms with E-state index in [1.807, 2.05) is 13.8 Å². The van der Waals surface area contributed by atoms with Crippen LogP contribution in [0.2, 0.25) is 0 Å². The maximum atomic E-state index is 14.7. The van der Waals surface area contributed by atoms with Gasteiger partial charge in [-0.3, -0.25) is 4.79 Å². The van der Waals surface area contributed by atoms with Gasteiger partial charge in [-0.15, -0.1) is 0 Å². The van der Waals surface area contributed by atoms with E-state index in [-0.39, 0.29) is 29.0 Å². The van der Waals surface area contributed by atoms with Crippen LogP contribution in [0.1, 0.15) is 31.1 Å². The van der Waals surface area contributed by atoms with Gasteiger partial charge in [0.05, 0.1) is 13.7 Å². The molecule has 134 valence electrons. The highest BCUT2D eigenvalue weighted by atomic mass is 19.1. The van der Waals surface area contributed by atoms with Gasteiger partial charge in [0.25, 0.3) is 5.91 Å². The minimum Gasteiger partial charge on any atom is -0.494 e. The van der Waals surface area contributed by atoms with Gasteiger partial charge in [0.15, 0.2) is 11.6 Å². The topological polar surface area (TPSA) is 50.8 Å². The molecule has 25 heavy (non-hydrogen) atoms. The third kappa shape index (κ3) is 3.21. The zero-order chi connectivity index (χ0) is 18.1. The zero-order valence-corrected chi connectivity index (χ0v) is 15.0. The van der Waals surface area contributed by atoms with Crippen molar-refractivity contribution in [3.63, 3.8) is 0 Å². The van der Waals surface area contributed by atoms with Crippen LogP contribution >= 0.6 is 0 Å². The first-order chi connectivity index (χ1) is 11.9. The average Bonchev–Trinajstić information content (AvgIpc) is 2.71. The van der Waals surface area contributed by atoms with E-state index in [0.717, 1.165) is 16.8 Å². The Morgan fingerprint density at radius 3 is 2.84 bits per heavy atom. The van der Waals surface area contributed by atoms with Gasteiger partial charge in [-0.1, -0.05) is 0 Å². The highest BCUT2D eigenvalue weighted by molar-refractivity contribution is 5.98. The van der Waals surface area contributed by atoms with Crippen LogP contribution in [0.3, 0.4) is 0 Å². The van der Waals surface area contributed by atoms with Crippen molar-refractivity contribution >= 4 is 5.91 Å². The molecule has 2 aliphatic rings. The number of carbonyl (C=O) groups excluding carboxylic acids is 1. The molecule has 0 bridgehead atoms. The normalized spacial score (nSPS) is 20.4. The second kappa shape index (κ2) is 6.78. The Morgan fingerprint density at radius 1 is 1.40 bits per heavy atom. The molecular formula is C19H23FN2O3. The molecule has 0 aromatic heterocycles. The molecule has 1 atom stereocenters. The van der Waals surface area contributed by atoms with Crippen molar-refractivity contribution in [1.82, 2.24) is 10.2 Å². The minimum absolute atomic E-state index is 0.0409. The Hall–Kier alpha value is -2.50. The first-order valence-electron chi connectivity index (χ1n) is 8.35. The van der Waals surface area contributed by atoms with E-state index in [1.165, 1.54) is 13.2 Å². The maximum absolute atomic E-state index is 14.7. The molecule has 0 spiro atoms. The van der Waals surface area contributed by atoms with E-state index >= 15 is 0 Å². The van der Waals surface area contributed by atoms with Crippen LogP contribution in [0.5, 0.6) is 11.5 Å². The lowest BCUT2D eigenvalue weighted by molar-refractivity contribution is 0.0763. The number of amides is 1. The number of dihydropyridines is 1. The Bertz CT molecular complexity index is 770. The molecule has 1 unspecified atom stereocenters. The molecule has 0 fully saturated rings. The Morgan fingerprint density at radius 2 is 2.16 bits per heavy atom. The first kappa shape index (κ1) is 17.3. The van der Waals surface area contributed by atoms with Gasteiger partial charge < -0.3 is 19.7 Å². The lowest BCUT2D eigenvalue weighted by atomic mass is 9.97. The number of allylic oxidation sites excluding steroid dienone is 3. The van der Waals surface area contributed by atoms with Gasteiger partial charge in [0.2, 0.25) is 0 Å². The second-order valence-electron chi connectivity index (χ2n) is 6.43. The molecule has 0 aliphatic carbocycles. The maximum Gasteiger partial charge on any atom is 0.261 e. The summed E-state index contributed by atoms with van der Waals surface area (Å²) in [6, 6.07) is 3.18. The summed E-state index contributed by atoms with van der Waals surface area (Å²) in [7, 11) is 1.38. The monoisotopic (exact) mass is 346 g/mol. The van der Waals surface area contributed by atoms with E-state index in [9.17, 15) is 9.18 Å². The standard InChI is InChI=1S/C19H23FN2O3/c1-11-9-12(2)21-13(3)14(11)10-22-7-8-25-15-5-6-16(24-4)18(20)17(15)19(22)23/h5-6,9,13,21H,7-8,10H2,1-4H3. The number of benzene rings is 1. The van der Waals surface area contributed by atoms with Crippen LogP contribution in [0.4, 0.5) is 4.39 Å². The summed E-state index contributed by atoms with van der Waals surface area (Å²) in [6.45, 7) is 7.27. The smallest absolute Gasteiger partial charge is 0.261 e. The Balaban J connectivity index is 1.95. The SMILES string of the molecule is COc1ccc2c(c1F)C(=O)N(CC1=C(C)C=C(C)NC1C)CCO2. The Labute approximate surface area is 147 Å². The van der Waals surface area contributed by atoms with Crippen molar-refractivity contribution in [2.24, 2.45) is 0 Å². The number of methoxy groups -OCH3 is 1. The first-order valence-corrected chi connectivity index (χ1v) is 8.35. The average molecular weight is 346 g/mol. The third-order valence-corrected chi connectivity index (χ3v) is 4.68. The molecule has 6 heteroatoms. The second-order valence-corrected chi connectivity index (χ2v) is 6.43. The van der Waals surface area contributed by atoms with Gasteiger partial charge >= 0.3 is 0 Å². The molecule has 1 aromatic carbocycles. The highest BCUT2D eigenvalue weighted by Gasteiger charge is 2.30. The van der Waals surface area contributed by atoms with Crippen LogP contribution in [-0.2, 0) is 0 Å². The number of carbonyl (C=O) groups is 1. The Kier molecular flexibility index (Phi) is 4.70. The fourth-order valence-corrected chi connectivity index (χ4v) is 3.39. The van der Waals surface area contributed by atoms with Crippen molar-refractivity contribution in [2.45, 2.75) is 26.8 Å². The number of ether oxygens (including phenoxy) is 2. The van der Waals surface area contributed by atoms with Crippen molar-refractivity contribution in [3.8, 4) is 11.5 Å². The molecule has 0 saturated heterocycles. The molecular weight excluding hydrogens is 323 g/mol. The fourth-order valence-electron chi connectivity index (χ4n) is 3.39. The molecule has 0 radical (unpaired) electrons. The van der Waals surface area contributed by atoms with Crippen molar-refractivity contribution < 1.29 is 18.7 Å². The molecule has 2 heterocycles. The summed E-state index contributed by atoms with van der Waals surface area (Å²) >= 11 is 0. The largest absolute Gasteiger partial charge is 0.494 e. The number of hydrogen-bond acceptors (Lipinski definition) is 4. The molecule has 2 aliphatic heterocycles. The summed E-state index contributed by atoms with van der Waals surface area (Å²) in [6.07, 6.45) is 2.06. The van der Waals surface area contributed by atoms with E-state index < -0.39 is 5.82 Å². The minimum atomic E-state index is -0.673. The third-order valence-electron chi connectivity index (χ3n) is 4.68. The lowest BCUT2D eigenvalue weighted by Crippen LogP contribution is -2.40. The zero-order valence-electron chi connectivity index (χ0n) is 15.0. The summed E-state index contributed by atoms with van der Waals surface area (Å²) in [5, 5.41) is 3.37. The van der Waals surface area contributed by atoms with Crippen LogP contribution < -0.4 is 14.8 Å². The van der Waals surface area contributed by atoms with Crippen LogP contribution in [-0.4, -0.2) is 43.7 Å². The van der Waals surface area contributed by atoms with E-state index in [2.05, 4.69) is 18.3 Å². The van der Waals surface area contributed by atoms with Gasteiger partial charge in [0, 0.05) is 18.3 Å². The highest BCUT2D eigenvalue weighted by Crippen LogP contribution is 2.32. The fraction of sp³-hybridized carbons (Fsp3) is 0.421. The molecule has 0 saturated carbocycles. The summed E-state index contributed by atoms with van der Waals surface area (Å²) in [5.74, 6) is -0.739. The van der Waals surface area contributed by atoms with Crippen LogP contribution in [0.25, 0.3) is 0 Å². The predicted molar refractivity (Wildman–Crippen MR) is 93.4 cm³/mol. The molecule has 1 aromatic rings. The van der Waals surface area contributed by atoms with Crippen molar-refractivity contribution in [1.29, 1.82) is 0 Å². The van der Waals surface area contributed by atoms with Gasteiger partial charge in [0.1, 0.15) is 17.9 Å². The quantitative estimate of drug-likeness (QED) is 0.914. The van der Waals surface area contributed by atoms with Crippen LogP contribution in [0, 0.1) is 5.82 Å². The van der Waals surface area contributed by atoms with Crippen molar-refractivity contribution in [3.05, 3.63) is 46.4 Å². The molecule has 1 N–H and O–H groups in total. The number of halogens is 1. The predicted octanol–water partition coefficient (Wildman–Crippen LogP) is 2.88. The number of nitrogens with one attached hydrogen (secondary N) is 1. The number of hydrogen-bond donors (Lipinski definition) is 1. The van der Waals surface area contributed by atoms with E-state index in [4.69, 9.17) is 9.47 Å². The summed E-state index contributed by atoms with van der Waals surface area (Å²) in [4.78, 5) is 14.6. The van der Waals surface area contributed by atoms with Gasteiger partial charge in [-0.2, -0.15) is 0 Å². The van der Waals surface area contributed by atoms with E-state index in [1.54, 1.807) is 11.0 Å². The van der Waals surface area contributed by atoms with Gasteiger partial charge in [-0.05, 0) is 50.1 Å². The van der Waals surface area contributed by atoms with E-state index in [0.29, 0.717) is 19.7 Å². The summed E-state index contributed by atoms with van der Waals surface area (Å²) < 4.78 is 25.2. The number of nitrogens with zero attached hydrogens (tertiary/aromatic N) is 1. The number of fused-ring (bicyclic) bond motifs is 1. The molecule has 3 rings (SSSR count).